The van der Waals surface area contributed by atoms with E-state index in [9.17, 15) is 14.9 Å². The Bertz CT molecular complexity index is 459. The maximum absolute atomic E-state index is 11.3. The van der Waals surface area contributed by atoms with Crippen molar-refractivity contribution in [2.45, 2.75) is 20.3 Å². The van der Waals surface area contributed by atoms with Gasteiger partial charge in [-0.1, -0.05) is 11.6 Å². The molecule has 0 aromatic heterocycles. The summed E-state index contributed by atoms with van der Waals surface area (Å²) in [4.78, 5) is 21.4. The lowest BCUT2D eigenvalue weighted by atomic mass is 10.0. The van der Waals surface area contributed by atoms with Crippen LogP contribution in [0.25, 0.3) is 0 Å². The maximum atomic E-state index is 11.3. The quantitative estimate of drug-likeness (QED) is 0.472. The molecule has 0 N–H and O–H groups in total. The van der Waals surface area contributed by atoms with Crippen molar-refractivity contribution in [2.75, 3.05) is 6.61 Å². The fraction of sp³-hybridized carbons (Fsp3) is 0.364. The number of non-ortho nitro benzene ring substituents is 1. The number of halogens is 1. The molecule has 0 aliphatic carbocycles. The Balaban J connectivity index is 3.05. The summed E-state index contributed by atoms with van der Waals surface area (Å²) in [6.45, 7) is 3.69. The van der Waals surface area contributed by atoms with E-state index in [-0.39, 0.29) is 23.7 Å². The van der Waals surface area contributed by atoms with Crippen molar-refractivity contribution < 1.29 is 14.5 Å². The van der Waals surface area contributed by atoms with Crippen LogP contribution in [0, 0.1) is 17.0 Å². The molecule has 0 bridgehead atoms. The van der Waals surface area contributed by atoms with Gasteiger partial charge in [-0.25, -0.2) is 0 Å². The topological polar surface area (TPSA) is 69.4 Å². The van der Waals surface area contributed by atoms with Crippen LogP contribution < -0.4 is 0 Å². The number of hydrogen-bond acceptors (Lipinski definition) is 4. The first-order valence-corrected chi connectivity index (χ1v) is 5.42. The molecule has 0 atom stereocenters. The van der Waals surface area contributed by atoms with Gasteiger partial charge in [0.1, 0.15) is 0 Å². The molecule has 1 rings (SSSR count). The van der Waals surface area contributed by atoms with Crippen molar-refractivity contribution >= 4 is 23.3 Å². The Kier molecular flexibility index (Phi) is 4.45. The number of ether oxygens (including phenoxy) is 1. The zero-order valence-electron chi connectivity index (χ0n) is 9.53. The number of nitro benzene ring substituents is 1. The summed E-state index contributed by atoms with van der Waals surface area (Å²) in [5.41, 5.74) is 1.05. The van der Waals surface area contributed by atoms with E-state index >= 15 is 0 Å². The molecule has 0 fully saturated rings. The van der Waals surface area contributed by atoms with Crippen molar-refractivity contribution in [2.24, 2.45) is 0 Å². The highest BCUT2D eigenvalue weighted by Crippen LogP contribution is 2.26. The minimum atomic E-state index is -0.542. The summed E-state index contributed by atoms with van der Waals surface area (Å²) >= 11 is 5.87. The highest BCUT2D eigenvalue weighted by molar-refractivity contribution is 6.31. The second kappa shape index (κ2) is 5.63. The molecule has 0 saturated heterocycles. The predicted octanol–water partition coefficient (Wildman–Crippen LogP) is 2.66. The third-order valence-corrected chi connectivity index (χ3v) is 2.68. The number of nitrogens with zero attached hydrogens (tertiary/aromatic N) is 1. The summed E-state index contributed by atoms with van der Waals surface area (Å²) in [6, 6.07) is 2.61. The average Bonchev–Trinajstić information content (AvgIpc) is 2.24. The van der Waals surface area contributed by atoms with E-state index in [0.29, 0.717) is 11.1 Å². The molecule has 1 aromatic rings. The number of carbonyl (C=O) groups is 1. The van der Waals surface area contributed by atoms with E-state index in [1.54, 1.807) is 13.8 Å². The van der Waals surface area contributed by atoms with Gasteiger partial charge >= 0.3 is 5.97 Å². The fourth-order valence-electron chi connectivity index (χ4n) is 1.38. The van der Waals surface area contributed by atoms with Crippen molar-refractivity contribution in [3.63, 3.8) is 0 Å². The fourth-order valence-corrected chi connectivity index (χ4v) is 1.61. The van der Waals surface area contributed by atoms with Crippen LogP contribution in [0.15, 0.2) is 12.1 Å². The lowest BCUT2D eigenvalue weighted by molar-refractivity contribution is -0.384. The number of nitro groups is 1. The molecule has 0 saturated carbocycles. The summed E-state index contributed by atoms with van der Waals surface area (Å²) < 4.78 is 4.79. The highest BCUT2D eigenvalue weighted by atomic mass is 35.5. The number of carbonyl (C=O) groups excluding carboxylic acids is 1. The largest absolute Gasteiger partial charge is 0.466 e. The van der Waals surface area contributed by atoms with Crippen molar-refractivity contribution in [3.05, 3.63) is 38.4 Å². The standard InChI is InChI=1S/C11H12ClNO4/c1-3-17-11(14)5-8-4-9(13(15)16)6-10(12)7(8)2/h4,6H,3,5H2,1-2H3. The molecule has 1 aromatic carbocycles. The van der Waals surface area contributed by atoms with Gasteiger partial charge in [-0.2, -0.15) is 0 Å². The van der Waals surface area contributed by atoms with Crippen LogP contribution in [-0.2, 0) is 16.0 Å². The maximum Gasteiger partial charge on any atom is 0.310 e. The van der Waals surface area contributed by atoms with E-state index in [0.717, 1.165) is 0 Å². The lowest BCUT2D eigenvalue weighted by Crippen LogP contribution is -2.09. The molecule has 0 spiro atoms. The van der Waals surface area contributed by atoms with E-state index in [1.165, 1.54) is 12.1 Å². The van der Waals surface area contributed by atoms with Gasteiger partial charge in [0.2, 0.25) is 0 Å². The Hall–Kier alpha value is -1.62. The summed E-state index contributed by atoms with van der Waals surface area (Å²) in [5, 5.41) is 10.9. The first-order valence-electron chi connectivity index (χ1n) is 5.04. The van der Waals surface area contributed by atoms with Gasteiger partial charge in [0.25, 0.3) is 5.69 Å². The minimum Gasteiger partial charge on any atom is -0.466 e. The summed E-state index contributed by atoms with van der Waals surface area (Å²) in [7, 11) is 0. The van der Waals surface area contributed by atoms with Gasteiger partial charge < -0.3 is 4.74 Å². The molecule has 0 heterocycles. The summed E-state index contributed by atoms with van der Waals surface area (Å²) in [6.07, 6.45) is -0.0128. The Morgan fingerprint density at radius 1 is 1.53 bits per heavy atom. The average molecular weight is 258 g/mol. The molecule has 0 unspecified atom stereocenters. The van der Waals surface area contributed by atoms with Gasteiger partial charge in [-0.3, -0.25) is 14.9 Å². The van der Waals surface area contributed by atoms with Gasteiger partial charge in [-0.15, -0.1) is 0 Å². The van der Waals surface area contributed by atoms with Crippen molar-refractivity contribution in [1.29, 1.82) is 0 Å². The van der Waals surface area contributed by atoms with Gasteiger partial charge in [-0.05, 0) is 25.0 Å². The zero-order valence-corrected chi connectivity index (χ0v) is 10.3. The monoisotopic (exact) mass is 257 g/mol. The lowest BCUT2D eigenvalue weighted by Gasteiger charge is -2.07. The smallest absolute Gasteiger partial charge is 0.310 e. The Morgan fingerprint density at radius 2 is 2.18 bits per heavy atom. The third kappa shape index (κ3) is 3.42. The third-order valence-electron chi connectivity index (χ3n) is 2.29. The number of hydrogen-bond donors (Lipinski definition) is 0. The van der Waals surface area contributed by atoms with E-state index in [1.807, 2.05) is 0 Å². The number of esters is 1. The number of rotatable bonds is 4. The second-order valence-electron chi connectivity index (χ2n) is 3.45. The van der Waals surface area contributed by atoms with Crippen LogP contribution in [0.1, 0.15) is 18.1 Å². The van der Waals surface area contributed by atoms with Gasteiger partial charge in [0, 0.05) is 12.1 Å². The molecule has 6 heteroatoms. The summed E-state index contributed by atoms with van der Waals surface area (Å²) in [5.74, 6) is -0.424. The van der Waals surface area contributed by atoms with Gasteiger partial charge in [0.05, 0.1) is 23.0 Å². The van der Waals surface area contributed by atoms with Crippen LogP contribution in [0.3, 0.4) is 0 Å². The first kappa shape index (κ1) is 13.4. The highest BCUT2D eigenvalue weighted by Gasteiger charge is 2.15. The van der Waals surface area contributed by atoms with Crippen LogP contribution in [-0.4, -0.2) is 17.5 Å². The molecule has 0 aliphatic rings. The normalized spacial score (nSPS) is 10.1. The molecule has 0 amide bonds. The SMILES string of the molecule is CCOC(=O)Cc1cc([N+](=O)[O-])cc(Cl)c1C. The molecular weight excluding hydrogens is 246 g/mol. The zero-order chi connectivity index (χ0) is 13.0. The Morgan fingerprint density at radius 3 is 2.71 bits per heavy atom. The molecule has 0 aliphatic heterocycles. The van der Waals surface area contributed by atoms with Crippen molar-refractivity contribution in [1.82, 2.24) is 0 Å². The van der Waals surface area contributed by atoms with E-state index in [2.05, 4.69) is 0 Å². The second-order valence-corrected chi connectivity index (χ2v) is 3.86. The minimum absolute atomic E-state index is 0.0128. The Labute approximate surface area is 103 Å². The van der Waals surface area contributed by atoms with Crippen LogP contribution >= 0.6 is 11.6 Å². The van der Waals surface area contributed by atoms with Crippen LogP contribution in [0.4, 0.5) is 5.69 Å². The van der Waals surface area contributed by atoms with Crippen LogP contribution in [0.5, 0.6) is 0 Å². The molecule has 0 radical (unpaired) electrons. The van der Waals surface area contributed by atoms with Crippen LogP contribution in [0.2, 0.25) is 5.02 Å². The predicted molar refractivity (Wildman–Crippen MR) is 63.2 cm³/mol. The van der Waals surface area contributed by atoms with E-state index in [4.69, 9.17) is 16.3 Å². The molecule has 5 nitrogen and oxygen atoms in total. The molecular formula is C11H12ClNO4. The van der Waals surface area contributed by atoms with E-state index < -0.39 is 10.9 Å². The van der Waals surface area contributed by atoms with Crippen molar-refractivity contribution in [3.8, 4) is 0 Å². The molecule has 92 valence electrons. The van der Waals surface area contributed by atoms with Gasteiger partial charge in [0.15, 0.2) is 0 Å². The first-order chi connectivity index (χ1) is 7.95. The molecule has 17 heavy (non-hydrogen) atoms. The number of benzene rings is 1.